The van der Waals surface area contributed by atoms with E-state index in [0.717, 1.165) is 49.6 Å². The van der Waals surface area contributed by atoms with Crippen molar-refractivity contribution in [2.75, 3.05) is 37.6 Å². The predicted molar refractivity (Wildman–Crippen MR) is 117 cm³/mol. The van der Waals surface area contributed by atoms with E-state index in [1.807, 2.05) is 24.3 Å². The SMILES string of the molecule is O=Cc1ccc(N2CCN(CC3=C(c4ccc(Cl)cc4)CCCC3)CC2)cc1. The number of rotatable bonds is 5. The van der Waals surface area contributed by atoms with E-state index in [9.17, 15) is 4.79 Å². The quantitative estimate of drug-likeness (QED) is 0.642. The minimum atomic E-state index is 0.737. The van der Waals surface area contributed by atoms with Crippen molar-refractivity contribution >= 4 is 29.1 Å². The van der Waals surface area contributed by atoms with Crippen LogP contribution in [0, 0.1) is 0 Å². The molecule has 1 aliphatic heterocycles. The summed E-state index contributed by atoms with van der Waals surface area (Å²) in [7, 11) is 0. The van der Waals surface area contributed by atoms with Crippen LogP contribution in [0.25, 0.3) is 5.57 Å². The van der Waals surface area contributed by atoms with Crippen LogP contribution in [0.5, 0.6) is 0 Å². The van der Waals surface area contributed by atoms with Crippen molar-refractivity contribution in [2.24, 2.45) is 0 Å². The molecular weight excluding hydrogens is 368 g/mol. The molecule has 0 amide bonds. The lowest BCUT2D eigenvalue weighted by Crippen LogP contribution is -2.47. The average Bonchev–Trinajstić information content (AvgIpc) is 2.75. The lowest BCUT2D eigenvalue weighted by Gasteiger charge is -2.37. The lowest BCUT2D eigenvalue weighted by atomic mass is 9.87. The third-order valence-electron chi connectivity index (χ3n) is 5.96. The lowest BCUT2D eigenvalue weighted by molar-refractivity contribution is 0.112. The normalized spacial score (nSPS) is 18.4. The van der Waals surface area contributed by atoms with Crippen LogP contribution in [-0.2, 0) is 0 Å². The van der Waals surface area contributed by atoms with E-state index in [1.54, 1.807) is 5.57 Å². The Balaban J connectivity index is 1.41. The molecule has 2 aliphatic rings. The maximum absolute atomic E-state index is 10.8. The molecular formula is C24H27ClN2O. The molecule has 1 heterocycles. The number of benzene rings is 2. The van der Waals surface area contributed by atoms with Gasteiger partial charge in [-0.3, -0.25) is 9.69 Å². The summed E-state index contributed by atoms with van der Waals surface area (Å²) in [6, 6.07) is 16.3. The molecule has 0 radical (unpaired) electrons. The van der Waals surface area contributed by atoms with E-state index < -0.39 is 0 Å². The Labute approximate surface area is 172 Å². The van der Waals surface area contributed by atoms with Gasteiger partial charge < -0.3 is 4.90 Å². The van der Waals surface area contributed by atoms with E-state index in [1.165, 1.54) is 42.5 Å². The number of carbonyl (C=O) groups is 1. The maximum Gasteiger partial charge on any atom is 0.150 e. The largest absolute Gasteiger partial charge is 0.369 e. The average molecular weight is 395 g/mol. The molecule has 4 rings (SSSR count). The fraction of sp³-hybridized carbons (Fsp3) is 0.375. The van der Waals surface area contributed by atoms with E-state index in [2.05, 4.69) is 34.1 Å². The molecule has 28 heavy (non-hydrogen) atoms. The van der Waals surface area contributed by atoms with E-state index in [4.69, 9.17) is 11.6 Å². The van der Waals surface area contributed by atoms with E-state index in [0.29, 0.717) is 0 Å². The molecule has 0 atom stereocenters. The second kappa shape index (κ2) is 8.93. The van der Waals surface area contributed by atoms with Gasteiger partial charge in [0.2, 0.25) is 0 Å². The third-order valence-corrected chi connectivity index (χ3v) is 6.21. The summed E-state index contributed by atoms with van der Waals surface area (Å²) in [6.45, 7) is 5.30. The Bertz CT molecular complexity index is 834. The van der Waals surface area contributed by atoms with Crippen molar-refractivity contribution in [3.63, 3.8) is 0 Å². The van der Waals surface area contributed by atoms with Crippen molar-refractivity contribution in [3.05, 3.63) is 70.3 Å². The highest BCUT2D eigenvalue weighted by Crippen LogP contribution is 2.33. The van der Waals surface area contributed by atoms with Gasteiger partial charge in [0.05, 0.1) is 0 Å². The van der Waals surface area contributed by atoms with Gasteiger partial charge in [-0.1, -0.05) is 29.3 Å². The fourth-order valence-corrected chi connectivity index (χ4v) is 4.47. The Hall–Kier alpha value is -2.10. The molecule has 1 aliphatic carbocycles. The van der Waals surface area contributed by atoms with Gasteiger partial charge >= 0.3 is 0 Å². The summed E-state index contributed by atoms with van der Waals surface area (Å²) >= 11 is 6.08. The number of allylic oxidation sites excluding steroid dienone is 1. The molecule has 0 unspecified atom stereocenters. The van der Waals surface area contributed by atoms with Crippen molar-refractivity contribution in [2.45, 2.75) is 25.7 Å². The van der Waals surface area contributed by atoms with Crippen LogP contribution in [-0.4, -0.2) is 43.9 Å². The number of hydrogen-bond donors (Lipinski definition) is 0. The van der Waals surface area contributed by atoms with E-state index in [-0.39, 0.29) is 0 Å². The Morgan fingerprint density at radius 2 is 1.54 bits per heavy atom. The van der Waals surface area contributed by atoms with E-state index >= 15 is 0 Å². The summed E-state index contributed by atoms with van der Waals surface area (Å²) in [4.78, 5) is 15.8. The van der Waals surface area contributed by atoms with Gasteiger partial charge in [-0.25, -0.2) is 0 Å². The standard InChI is InChI=1S/C24H27ClN2O/c25-22-9-7-20(8-10-22)24-4-2-1-3-21(24)17-26-13-15-27(16-14-26)23-11-5-19(18-28)6-12-23/h5-12,18H,1-4,13-17H2. The molecule has 2 aromatic carbocycles. The Morgan fingerprint density at radius 3 is 2.21 bits per heavy atom. The number of hydrogen-bond acceptors (Lipinski definition) is 3. The van der Waals surface area contributed by atoms with Crippen LogP contribution >= 0.6 is 11.6 Å². The summed E-state index contributed by atoms with van der Waals surface area (Å²) in [5.41, 5.74) is 6.44. The number of nitrogens with zero attached hydrogens (tertiary/aromatic N) is 2. The minimum absolute atomic E-state index is 0.737. The van der Waals surface area contributed by atoms with Crippen LogP contribution < -0.4 is 4.90 Å². The first-order valence-corrected chi connectivity index (χ1v) is 10.6. The van der Waals surface area contributed by atoms with Crippen molar-refractivity contribution < 1.29 is 4.79 Å². The number of aldehydes is 1. The maximum atomic E-state index is 10.8. The van der Waals surface area contributed by atoms with Gasteiger partial charge in [-0.2, -0.15) is 0 Å². The third kappa shape index (κ3) is 4.48. The van der Waals surface area contributed by atoms with Gasteiger partial charge in [0, 0.05) is 49.0 Å². The van der Waals surface area contributed by atoms with Crippen LogP contribution in [0.1, 0.15) is 41.6 Å². The predicted octanol–water partition coefficient (Wildman–Crippen LogP) is 5.30. The molecule has 0 aromatic heterocycles. The summed E-state index contributed by atoms with van der Waals surface area (Å²) in [5.74, 6) is 0. The summed E-state index contributed by atoms with van der Waals surface area (Å²) in [5, 5.41) is 0.805. The number of carbonyl (C=O) groups excluding carboxylic acids is 1. The molecule has 0 bridgehead atoms. The highest BCUT2D eigenvalue weighted by molar-refractivity contribution is 6.30. The van der Waals surface area contributed by atoms with Gasteiger partial charge in [-0.05, 0) is 73.2 Å². The summed E-state index contributed by atoms with van der Waals surface area (Å²) in [6.07, 6.45) is 5.88. The highest BCUT2D eigenvalue weighted by Gasteiger charge is 2.21. The minimum Gasteiger partial charge on any atom is -0.369 e. The zero-order chi connectivity index (χ0) is 19.3. The second-order valence-electron chi connectivity index (χ2n) is 7.77. The molecule has 1 saturated heterocycles. The Morgan fingerprint density at radius 1 is 0.857 bits per heavy atom. The first-order chi connectivity index (χ1) is 13.7. The smallest absolute Gasteiger partial charge is 0.150 e. The van der Waals surface area contributed by atoms with Crippen LogP contribution in [0.3, 0.4) is 0 Å². The molecule has 2 aromatic rings. The molecule has 4 heteroatoms. The van der Waals surface area contributed by atoms with Crippen molar-refractivity contribution in [3.8, 4) is 0 Å². The fourth-order valence-electron chi connectivity index (χ4n) is 4.34. The zero-order valence-corrected chi connectivity index (χ0v) is 17.0. The monoisotopic (exact) mass is 394 g/mol. The van der Waals surface area contributed by atoms with Crippen LogP contribution in [0.4, 0.5) is 5.69 Å². The van der Waals surface area contributed by atoms with Gasteiger partial charge in [0.15, 0.2) is 0 Å². The molecule has 1 fully saturated rings. The molecule has 0 saturated carbocycles. The molecule has 146 valence electrons. The molecule has 3 nitrogen and oxygen atoms in total. The zero-order valence-electron chi connectivity index (χ0n) is 16.2. The summed E-state index contributed by atoms with van der Waals surface area (Å²) < 4.78 is 0. The molecule has 0 N–H and O–H groups in total. The number of halogens is 1. The van der Waals surface area contributed by atoms with Crippen LogP contribution in [0.15, 0.2) is 54.1 Å². The Kier molecular flexibility index (Phi) is 6.13. The topological polar surface area (TPSA) is 23.6 Å². The second-order valence-corrected chi connectivity index (χ2v) is 8.21. The number of piperazine rings is 1. The van der Waals surface area contributed by atoms with Gasteiger partial charge in [0.25, 0.3) is 0 Å². The highest BCUT2D eigenvalue weighted by atomic mass is 35.5. The van der Waals surface area contributed by atoms with Crippen molar-refractivity contribution in [1.82, 2.24) is 4.90 Å². The van der Waals surface area contributed by atoms with Crippen LogP contribution in [0.2, 0.25) is 5.02 Å². The number of anilines is 1. The van der Waals surface area contributed by atoms with Gasteiger partial charge in [-0.15, -0.1) is 0 Å². The molecule has 0 spiro atoms. The first-order valence-electron chi connectivity index (χ1n) is 10.2. The van der Waals surface area contributed by atoms with Gasteiger partial charge in [0.1, 0.15) is 6.29 Å². The first kappa shape index (κ1) is 19.2. The van der Waals surface area contributed by atoms with Crippen molar-refractivity contribution in [1.29, 1.82) is 0 Å².